The van der Waals surface area contributed by atoms with Crippen molar-refractivity contribution < 1.29 is 5.11 Å². The molecule has 0 spiro atoms. The van der Waals surface area contributed by atoms with E-state index in [4.69, 9.17) is 5.11 Å². The second-order valence-corrected chi connectivity index (χ2v) is 3.27. The fourth-order valence-corrected chi connectivity index (χ4v) is 0.750. The summed E-state index contributed by atoms with van der Waals surface area (Å²) in [6, 6.07) is 0. The van der Waals surface area contributed by atoms with Crippen LogP contribution in [-0.2, 0) is 0 Å². The summed E-state index contributed by atoms with van der Waals surface area (Å²) < 4.78 is 0. The standard InChI is InChI=1S/C6H12OSi/c1-6(2,3)5(7)4-8/h5,7-8H,1-3H3. The van der Waals surface area contributed by atoms with E-state index in [1.165, 1.54) is 0 Å². The van der Waals surface area contributed by atoms with Crippen LogP contribution in [0.25, 0.3) is 0 Å². The van der Waals surface area contributed by atoms with Crippen molar-refractivity contribution in [1.29, 1.82) is 0 Å². The monoisotopic (exact) mass is 128 g/mol. The third-order valence-electron chi connectivity index (χ3n) is 0.978. The van der Waals surface area contributed by atoms with E-state index in [2.05, 4.69) is 15.2 Å². The Bertz CT molecular complexity index is 107. The van der Waals surface area contributed by atoms with E-state index in [-0.39, 0.29) is 5.41 Å². The van der Waals surface area contributed by atoms with Gasteiger partial charge in [0.25, 0.3) is 0 Å². The van der Waals surface area contributed by atoms with Crippen molar-refractivity contribution in [3.63, 3.8) is 0 Å². The predicted molar refractivity (Wildman–Crippen MR) is 36.5 cm³/mol. The minimum atomic E-state index is -0.438. The molecule has 0 fully saturated rings. The molecule has 2 heteroatoms. The zero-order valence-electron chi connectivity index (χ0n) is 5.60. The highest BCUT2D eigenvalue weighted by molar-refractivity contribution is 5.95. The third-order valence-corrected chi connectivity index (χ3v) is 1.29. The molecule has 46 valence electrons. The normalized spacial score (nSPS) is 14.9. The Morgan fingerprint density at radius 2 is 1.88 bits per heavy atom. The van der Waals surface area contributed by atoms with Crippen molar-refractivity contribution in [2.45, 2.75) is 26.9 Å². The molecular formula is C6H12OSi. The van der Waals surface area contributed by atoms with E-state index in [9.17, 15) is 0 Å². The first-order valence-electron chi connectivity index (χ1n) is 2.62. The summed E-state index contributed by atoms with van der Waals surface area (Å²) >= 11 is 0. The molecule has 1 nitrogen and oxygen atoms in total. The van der Waals surface area contributed by atoms with Crippen LogP contribution in [0.5, 0.6) is 0 Å². The van der Waals surface area contributed by atoms with Crippen LogP contribution >= 0.6 is 0 Å². The van der Waals surface area contributed by atoms with Crippen molar-refractivity contribution in [3.05, 3.63) is 0 Å². The first kappa shape index (κ1) is 7.96. The molecule has 0 saturated heterocycles. The van der Waals surface area contributed by atoms with Gasteiger partial charge in [0.15, 0.2) is 0 Å². The van der Waals surface area contributed by atoms with Crippen LogP contribution in [0.2, 0.25) is 0 Å². The number of aliphatic hydroxyl groups excluding tert-OH is 1. The number of aliphatic hydroxyl groups is 1. The summed E-state index contributed by atoms with van der Waals surface area (Å²) in [4.78, 5) is 0. The van der Waals surface area contributed by atoms with Crippen LogP contribution in [0.4, 0.5) is 0 Å². The molecule has 0 amide bonds. The maximum absolute atomic E-state index is 9.06. The van der Waals surface area contributed by atoms with Crippen LogP contribution in [0, 0.1) is 10.9 Å². The van der Waals surface area contributed by atoms with Crippen molar-refractivity contribution in [1.82, 2.24) is 0 Å². The lowest BCUT2D eigenvalue weighted by Gasteiger charge is -2.20. The average molecular weight is 128 g/mol. The minimum Gasteiger partial charge on any atom is -0.380 e. The zero-order valence-corrected chi connectivity index (χ0v) is 6.76. The molecule has 0 rings (SSSR count). The van der Waals surface area contributed by atoms with E-state index in [0.717, 1.165) is 0 Å². The lowest BCUT2D eigenvalue weighted by atomic mass is 9.91. The molecule has 1 unspecified atom stereocenters. The second kappa shape index (κ2) is 2.49. The number of hydrogen-bond donors (Lipinski definition) is 1. The van der Waals surface area contributed by atoms with Crippen molar-refractivity contribution in [2.75, 3.05) is 0 Å². The molecule has 0 aromatic rings. The van der Waals surface area contributed by atoms with Crippen LogP contribution < -0.4 is 0 Å². The highest BCUT2D eigenvalue weighted by Crippen LogP contribution is 2.17. The number of rotatable bonds is 0. The molecule has 1 N–H and O–H groups in total. The molecule has 0 aromatic heterocycles. The fourth-order valence-electron chi connectivity index (χ4n) is 0.250. The Labute approximate surface area is 53.4 Å². The van der Waals surface area contributed by atoms with Crippen LogP contribution in [-0.4, -0.2) is 20.9 Å². The second-order valence-electron chi connectivity index (χ2n) is 2.94. The molecule has 0 aromatic carbocycles. The smallest absolute Gasteiger partial charge is 0.112 e. The van der Waals surface area contributed by atoms with E-state index >= 15 is 0 Å². The van der Waals surface area contributed by atoms with Crippen LogP contribution in [0.15, 0.2) is 0 Å². The van der Waals surface area contributed by atoms with Gasteiger partial charge in [-0.05, 0) is 15.1 Å². The summed E-state index contributed by atoms with van der Waals surface area (Å²) in [5.41, 5.74) is 2.61. The summed E-state index contributed by atoms with van der Waals surface area (Å²) in [7, 11) is 2.28. The van der Waals surface area contributed by atoms with Crippen LogP contribution in [0.1, 0.15) is 20.8 Å². The number of hydrogen-bond acceptors (Lipinski definition) is 1. The van der Waals surface area contributed by atoms with Crippen LogP contribution in [0.3, 0.4) is 0 Å². The van der Waals surface area contributed by atoms with E-state index in [1.807, 2.05) is 20.8 Å². The molecule has 8 heavy (non-hydrogen) atoms. The van der Waals surface area contributed by atoms with Crippen molar-refractivity contribution in [3.8, 4) is 5.50 Å². The quantitative estimate of drug-likeness (QED) is 0.464. The highest BCUT2D eigenvalue weighted by atomic mass is 28.1. The van der Waals surface area contributed by atoms with E-state index < -0.39 is 6.10 Å². The van der Waals surface area contributed by atoms with Gasteiger partial charge in [0.05, 0.1) is 0 Å². The largest absolute Gasteiger partial charge is 0.380 e. The Morgan fingerprint density at radius 3 is 1.88 bits per heavy atom. The van der Waals surface area contributed by atoms with Gasteiger partial charge in [-0.2, -0.15) is 0 Å². The predicted octanol–water partition coefficient (Wildman–Crippen LogP) is 0.253. The Morgan fingerprint density at radius 1 is 1.50 bits per heavy atom. The molecule has 0 heterocycles. The first-order valence-corrected chi connectivity index (χ1v) is 3.20. The average Bonchev–Trinajstić information content (AvgIpc) is 1.62. The van der Waals surface area contributed by atoms with Gasteiger partial charge >= 0.3 is 0 Å². The van der Waals surface area contributed by atoms with Gasteiger partial charge in [-0.1, -0.05) is 20.8 Å². The lowest BCUT2D eigenvalue weighted by Crippen LogP contribution is -2.23. The molecule has 0 aliphatic carbocycles. The maximum atomic E-state index is 9.06. The summed E-state index contributed by atoms with van der Waals surface area (Å²) in [6.07, 6.45) is -0.438. The van der Waals surface area contributed by atoms with E-state index in [0.29, 0.717) is 0 Å². The van der Waals surface area contributed by atoms with Gasteiger partial charge in [-0.3, -0.25) is 0 Å². The fraction of sp³-hybridized carbons (Fsp3) is 0.833. The maximum Gasteiger partial charge on any atom is 0.112 e. The Balaban J connectivity index is 3.87. The first-order chi connectivity index (χ1) is 3.48. The molecule has 0 aliphatic heterocycles. The van der Waals surface area contributed by atoms with Crippen molar-refractivity contribution in [2.24, 2.45) is 5.41 Å². The molecule has 0 bridgehead atoms. The SMILES string of the molecule is CC(C)(C)C(O)C#[SiH]. The molecule has 0 radical (unpaired) electrons. The van der Waals surface area contributed by atoms with Crippen molar-refractivity contribution >= 4 is 9.68 Å². The minimum absolute atomic E-state index is 0.0677. The van der Waals surface area contributed by atoms with Gasteiger partial charge in [0, 0.05) is 0 Å². The van der Waals surface area contributed by atoms with E-state index in [1.54, 1.807) is 0 Å². The van der Waals surface area contributed by atoms with Gasteiger partial charge in [0.2, 0.25) is 0 Å². The molecule has 1 atom stereocenters. The highest BCUT2D eigenvalue weighted by Gasteiger charge is 2.18. The Hall–Kier alpha value is -0.0431. The molecular weight excluding hydrogens is 116 g/mol. The third kappa shape index (κ3) is 2.31. The van der Waals surface area contributed by atoms with Gasteiger partial charge in [-0.25, -0.2) is 0 Å². The van der Waals surface area contributed by atoms with Gasteiger partial charge in [-0.15, -0.1) is 5.50 Å². The lowest BCUT2D eigenvalue weighted by molar-refractivity contribution is 0.114. The zero-order chi connectivity index (χ0) is 6.78. The summed E-state index contributed by atoms with van der Waals surface area (Å²) in [5.74, 6) is 0. The molecule has 0 aliphatic rings. The Kier molecular flexibility index (Phi) is 2.48. The summed E-state index contributed by atoms with van der Waals surface area (Å²) in [5, 5.41) is 9.06. The molecule has 0 saturated carbocycles. The van der Waals surface area contributed by atoms with Gasteiger partial charge in [0.1, 0.15) is 6.10 Å². The van der Waals surface area contributed by atoms with Gasteiger partial charge < -0.3 is 5.11 Å². The summed E-state index contributed by atoms with van der Waals surface area (Å²) in [6.45, 7) is 5.90. The topological polar surface area (TPSA) is 20.2 Å².